The van der Waals surface area contributed by atoms with Crippen molar-refractivity contribution in [2.24, 2.45) is 0 Å². The first kappa shape index (κ1) is 82.8. The zero-order valence-corrected chi connectivity index (χ0v) is 75.4. The average Bonchev–Trinajstić information content (AvgIpc) is 1.47. The SMILES string of the molecule is c1ccc(-c2nc(-c3ccc(-c4cccc5c4oc4ccccc45)cc3)cc3ncccc23)cc1.c1ccc(-c2nc(-c3ccccc3)c3cc(-c4cccc5c4oc4ccccc45)ccc3n2)cc1.c1ccc(-c2nc(-c3ccccc3)c3ccc(-c4cccc5c4oc4ccccc45)cc3n2)cc1.c1ccc(-c2nc3ccccc3nc2-c2ccc(-c3cccc4c3oc3ccccc34)cc2)cc1. The molecule has 656 valence electrons. The summed E-state index contributed by atoms with van der Waals surface area (Å²) in [7, 11) is 0. The standard InChI is InChI=1S/4C32H20N2O/c1-3-10-21(11-4-1)30-27-20-23(18-19-28(27)33-32(34-30)22-12-5-2-6-13-22)24-15-9-16-26-25-14-7-8-17-29(25)35-31(24)26;1-3-10-21(11-4-1)30-27-19-18-23(20-28(27)33-32(34-30)22-12-5-2-6-13-22)24-15-9-16-26-25-14-7-8-17-29(25)35-31(24)26;1-2-9-22(10-3-1)30-31(34-28-15-6-5-14-27(28)33-30)23-19-17-21(18-20-23)24-12-8-13-26-25-11-4-7-16-29(25)35-32(24)26;1-2-8-23(9-3-1)31-27-13-7-19-33-29(27)20-28(34-31)22-17-15-21(16-18-22)24-11-6-12-26-25-10-4-5-14-30(25)35-32(24)26/h4*1-20H. The fraction of sp³-hybridized carbons (Fsp3) is 0. The van der Waals surface area contributed by atoms with Crippen LogP contribution in [0.5, 0.6) is 0 Å². The monoisotopic (exact) mass is 1790 g/mol. The number of furan rings is 4. The van der Waals surface area contributed by atoms with Crippen LogP contribution in [0.4, 0.5) is 0 Å². The van der Waals surface area contributed by atoms with Gasteiger partial charge >= 0.3 is 0 Å². The smallest absolute Gasteiger partial charge is 0.160 e. The van der Waals surface area contributed by atoms with Crippen molar-refractivity contribution in [3.8, 4) is 135 Å². The number of hydrogen-bond acceptors (Lipinski definition) is 12. The molecule has 0 aliphatic rings. The van der Waals surface area contributed by atoms with Crippen molar-refractivity contribution in [1.82, 2.24) is 39.9 Å². The van der Waals surface area contributed by atoms with E-state index in [2.05, 4.69) is 260 Å². The summed E-state index contributed by atoms with van der Waals surface area (Å²) in [4.78, 5) is 39.7. The minimum atomic E-state index is 0.719. The van der Waals surface area contributed by atoms with Crippen LogP contribution in [0.3, 0.4) is 0 Å². The summed E-state index contributed by atoms with van der Waals surface area (Å²) in [6, 6.07) is 164. The number of para-hydroxylation sites is 10. The highest BCUT2D eigenvalue weighted by atomic mass is 16.3. The molecule has 0 spiro atoms. The Hall–Kier alpha value is -19.0. The van der Waals surface area contributed by atoms with Gasteiger partial charge in [-0.1, -0.05) is 400 Å². The number of benzene rings is 19. The van der Waals surface area contributed by atoms with Crippen molar-refractivity contribution in [3.05, 3.63) is 485 Å². The van der Waals surface area contributed by atoms with E-state index in [-0.39, 0.29) is 0 Å². The molecule has 0 saturated carbocycles. The Balaban J connectivity index is 0.0000000985. The van der Waals surface area contributed by atoms with Gasteiger partial charge in [-0.25, -0.2) is 34.9 Å². The Morgan fingerprint density at radius 3 is 0.871 bits per heavy atom. The van der Waals surface area contributed by atoms with Crippen LogP contribution in [0.25, 0.3) is 266 Å². The first-order valence-electron chi connectivity index (χ1n) is 46.7. The summed E-state index contributed by atoms with van der Waals surface area (Å²) in [5.41, 5.74) is 34.3. The minimum absolute atomic E-state index is 0.719. The summed E-state index contributed by atoms with van der Waals surface area (Å²) in [5, 5.41) is 12.1. The van der Waals surface area contributed by atoms with E-state index < -0.39 is 0 Å². The zero-order valence-electron chi connectivity index (χ0n) is 75.4. The molecule has 140 heavy (non-hydrogen) atoms. The van der Waals surface area contributed by atoms with Crippen molar-refractivity contribution in [2.75, 3.05) is 0 Å². The van der Waals surface area contributed by atoms with Gasteiger partial charge in [-0.3, -0.25) is 4.98 Å². The number of hydrogen-bond donors (Lipinski definition) is 0. The highest BCUT2D eigenvalue weighted by Gasteiger charge is 2.23. The maximum Gasteiger partial charge on any atom is 0.160 e. The normalized spacial score (nSPS) is 11.4. The fourth-order valence-corrected chi connectivity index (χ4v) is 19.2. The van der Waals surface area contributed by atoms with Gasteiger partial charge in [0.15, 0.2) is 11.6 Å². The highest BCUT2D eigenvalue weighted by molar-refractivity contribution is 6.14. The zero-order chi connectivity index (χ0) is 92.8. The third-order valence-corrected chi connectivity index (χ3v) is 26.0. The van der Waals surface area contributed by atoms with E-state index in [0.29, 0.717) is 0 Å². The molecule has 0 radical (unpaired) electrons. The summed E-state index contributed by atoms with van der Waals surface area (Å²) in [5.74, 6) is 1.44. The summed E-state index contributed by atoms with van der Waals surface area (Å²) in [6.07, 6.45) is 1.83. The quantitative estimate of drug-likeness (QED) is 0.114. The van der Waals surface area contributed by atoms with E-state index in [0.717, 1.165) is 266 Å². The maximum absolute atomic E-state index is 6.31. The topological polar surface area (TPSA) is 156 Å². The predicted molar refractivity (Wildman–Crippen MR) is 572 cm³/mol. The van der Waals surface area contributed by atoms with Crippen molar-refractivity contribution in [2.45, 2.75) is 0 Å². The van der Waals surface area contributed by atoms with Crippen LogP contribution in [0.15, 0.2) is 503 Å². The van der Waals surface area contributed by atoms with Crippen LogP contribution in [0.2, 0.25) is 0 Å². The molecule has 0 fully saturated rings. The second-order valence-corrected chi connectivity index (χ2v) is 34.6. The molecule has 0 aliphatic heterocycles. The maximum atomic E-state index is 6.31. The van der Waals surface area contributed by atoms with Gasteiger partial charge < -0.3 is 17.7 Å². The number of fused-ring (bicyclic) bond motifs is 16. The van der Waals surface area contributed by atoms with Gasteiger partial charge in [-0.05, 0) is 101 Å². The van der Waals surface area contributed by atoms with Gasteiger partial charge in [0.2, 0.25) is 0 Å². The Labute approximate surface area is 803 Å². The molecule has 0 aliphatic carbocycles. The van der Waals surface area contributed by atoms with E-state index in [1.54, 1.807) is 0 Å². The van der Waals surface area contributed by atoms with Crippen LogP contribution >= 0.6 is 0 Å². The number of nitrogens with zero attached hydrogens (tertiary/aromatic N) is 8. The van der Waals surface area contributed by atoms with E-state index in [1.807, 2.05) is 231 Å². The molecule has 9 aromatic heterocycles. The molecule has 28 aromatic rings. The lowest BCUT2D eigenvalue weighted by Gasteiger charge is -2.11. The first-order chi connectivity index (χ1) is 69.4. The molecule has 12 heteroatoms. The lowest BCUT2D eigenvalue weighted by Crippen LogP contribution is -1.95. The predicted octanol–water partition coefficient (Wildman–Crippen LogP) is 34.1. The van der Waals surface area contributed by atoms with Crippen molar-refractivity contribution in [3.63, 3.8) is 0 Å². The van der Waals surface area contributed by atoms with Crippen LogP contribution in [0, 0.1) is 0 Å². The van der Waals surface area contributed by atoms with Crippen molar-refractivity contribution < 1.29 is 17.7 Å². The lowest BCUT2D eigenvalue weighted by atomic mass is 9.98. The average molecular weight is 1790 g/mol. The molecule has 28 rings (SSSR count). The molecular weight excluding hydrogens is 1710 g/mol. The molecule has 0 saturated heterocycles. The van der Waals surface area contributed by atoms with E-state index in [9.17, 15) is 0 Å². The third-order valence-electron chi connectivity index (χ3n) is 26.0. The molecule has 0 amide bonds. The minimum Gasteiger partial charge on any atom is -0.455 e. The highest BCUT2D eigenvalue weighted by Crippen LogP contribution is 2.45. The molecule has 0 atom stereocenters. The van der Waals surface area contributed by atoms with E-state index in [1.165, 1.54) is 0 Å². The Morgan fingerprint density at radius 2 is 0.443 bits per heavy atom. The molecular formula is C128H80N8O4. The summed E-state index contributed by atoms with van der Waals surface area (Å²) in [6.45, 7) is 0. The number of aromatic nitrogens is 8. The molecule has 0 bridgehead atoms. The second kappa shape index (κ2) is 36.1. The Bertz CT molecular complexity index is 9550. The van der Waals surface area contributed by atoms with Crippen LogP contribution in [-0.2, 0) is 0 Å². The van der Waals surface area contributed by atoms with Crippen molar-refractivity contribution in [1.29, 1.82) is 0 Å². The first-order valence-corrected chi connectivity index (χ1v) is 46.7. The Morgan fingerprint density at radius 1 is 0.143 bits per heavy atom. The van der Waals surface area contributed by atoms with Crippen LogP contribution in [0.1, 0.15) is 0 Å². The van der Waals surface area contributed by atoms with E-state index in [4.69, 9.17) is 52.6 Å². The molecule has 0 N–H and O–H groups in total. The van der Waals surface area contributed by atoms with Gasteiger partial charge in [0, 0.05) is 132 Å². The summed E-state index contributed by atoms with van der Waals surface area (Å²) < 4.78 is 25.1. The molecule has 0 unspecified atom stereocenters. The van der Waals surface area contributed by atoms with Crippen LogP contribution < -0.4 is 0 Å². The van der Waals surface area contributed by atoms with Gasteiger partial charge in [0.25, 0.3) is 0 Å². The number of pyridine rings is 2. The fourth-order valence-electron chi connectivity index (χ4n) is 19.2. The van der Waals surface area contributed by atoms with Gasteiger partial charge in [0.05, 0.1) is 61.7 Å². The summed E-state index contributed by atoms with van der Waals surface area (Å²) >= 11 is 0. The molecule has 9 heterocycles. The van der Waals surface area contributed by atoms with Gasteiger partial charge in [-0.2, -0.15) is 0 Å². The largest absolute Gasteiger partial charge is 0.455 e. The van der Waals surface area contributed by atoms with Gasteiger partial charge in [0.1, 0.15) is 44.7 Å². The van der Waals surface area contributed by atoms with Crippen molar-refractivity contribution >= 4 is 131 Å². The number of rotatable bonds is 12. The Kier molecular flexibility index (Phi) is 21.3. The lowest BCUT2D eigenvalue weighted by molar-refractivity contribution is 0.669. The second-order valence-electron chi connectivity index (χ2n) is 34.6. The molecule has 12 nitrogen and oxygen atoms in total. The van der Waals surface area contributed by atoms with Gasteiger partial charge in [-0.15, -0.1) is 0 Å². The third kappa shape index (κ3) is 15.7. The van der Waals surface area contributed by atoms with Crippen LogP contribution in [-0.4, -0.2) is 39.9 Å². The molecule has 19 aromatic carbocycles. The van der Waals surface area contributed by atoms with E-state index >= 15 is 0 Å².